The summed E-state index contributed by atoms with van der Waals surface area (Å²) < 4.78 is 1.48. The number of amides is 1. The SMILES string of the molecule is Cc1nc2ccccc2n(CC(=O)NCCc2cccs2)c1=O. The largest absolute Gasteiger partial charge is 0.354 e. The second kappa shape index (κ2) is 6.75. The monoisotopic (exact) mass is 327 g/mol. The van der Waals surface area contributed by atoms with Crippen molar-refractivity contribution in [2.24, 2.45) is 0 Å². The molecule has 1 N–H and O–H groups in total. The molecule has 0 saturated carbocycles. The Morgan fingerprint density at radius 2 is 2.09 bits per heavy atom. The van der Waals surface area contributed by atoms with Gasteiger partial charge in [-0.1, -0.05) is 18.2 Å². The van der Waals surface area contributed by atoms with Crippen LogP contribution in [0.4, 0.5) is 0 Å². The molecule has 6 heteroatoms. The Morgan fingerprint density at radius 3 is 2.87 bits per heavy atom. The van der Waals surface area contributed by atoms with E-state index in [1.165, 1.54) is 9.44 Å². The average Bonchev–Trinajstić information content (AvgIpc) is 3.05. The fraction of sp³-hybridized carbons (Fsp3) is 0.235. The minimum absolute atomic E-state index is 0.00709. The van der Waals surface area contributed by atoms with Crippen molar-refractivity contribution in [2.75, 3.05) is 6.54 Å². The molecule has 0 saturated heterocycles. The van der Waals surface area contributed by atoms with Gasteiger partial charge in [-0.3, -0.25) is 14.2 Å². The van der Waals surface area contributed by atoms with Gasteiger partial charge in [-0.15, -0.1) is 11.3 Å². The van der Waals surface area contributed by atoms with E-state index < -0.39 is 0 Å². The molecule has 0 radical (unpaired) electrons. The number of hydrogen-bond donors (Lipinski definition) is 1. The highest BCUT2D eigenvalue weighted by atomic mass is 32.1. The molecule has 0 bridgehead atoms. The van der Waals surface area contributed by atoms with Gasteiger partial charge in [0.1, 0.15) is 12.2 Å². The third-order valence-corrected chi connectivity index (χ3v) is 4.53. The smallest absolute Gasteiger partial charge is 0.272 e. The summed E-state index contributed by atoms with van der Waals surface area (Å²) in [6.45, 7) is 2.24. The van der Waals surface area contributed by atoms with Crippen molar-refractivity contribution in [1.82, 2.24) is 14.9 Å². The standard InChI is InChI=1S/C17H17N3O2S/c1-12-17(22)20(15-7-3-2-6-14(15)19-12)11-16(21)18-9-8-13-5-4-10-23-13/h2-7,10H,8-9,11H2,1H3,(H,18,21). The van der Waals surface area contributed by atoms with Crippen molar-refractivity contribution in [3.8, 4) is 0 Å². The number of fused-ring (bicyclic) bond motifs is 1. The van der Waals surface area contributed by atoms with E-state index in [-0.39, 0.29) is 18.0 Å². The average molecular weight is 327 g/mol. The van der Waals surface area contributed by atoms with Crippen LogP contribution in [0.25, 0.3) is 11.0 Å². The first kappa shape index (κ1) is 15.4. The second-order valence-electron chi connectivity index (χ2n) is 5.26. The first-order valence-electron chi connectivity index (χ1n) is 7.40. The molecule has 0 atom stereocenters. The molecule has 2 aromatic heterocycles. The van der Waals surface area contributed by atoms with E-state index >= 15 is 0 Å². The second-order valence-corrected chi connectivity index (χ2v) is 6.29. The molecule has 0 unspecified atom stereocenters. The van der Waals surface area contributed by atoms with Gasteiger partial charge in [0.25, 0.3) is 5.56 Å². The first-order chi connectivity index (χ1) is 11.1. The van der Waals surface area contributed by atoms with Gasteiger partial charge in [0, 0.05) is 11.4 Å². The van der Waals surface area contributed by atoms with Crippen LogP contribution in [0.2, 0.25) is 0 Å². The molecule has 1 amide bonds. The fourth-order valence-corrected chi connectivity index (χ4v) is 3.17. The number of aryl methyl sites for hydroxylation is 1. The van der Waals surface area contributed by atoms with Gasteiger partial charge < -0.3 is 5.32 Å². The number of aromatic nitrogens is 2. The Bertz CT molecular complexity index is 884. The molecule has 0 fully saturated rings. The van der Waals surface area contributed by atoms with E-state index in [1.54, 1.807) is 18.3 Å². The number of benzene rings is 1. The maximum absolute atomic E-state index is 12.3. The summed E-state index contributed by atoms with van der Waals surface area (Å²) >= 11 is 1.67. The van der Waals surface area contributed by atoms with Crippen molar-refractivity contribution < 1.29 is 4.79 Å². The van der Waals surface area contributed by atoms with Gasteiger partial charge in [-0.05, 0) is 36.9 Å². The quantitative estimate of drug-likeness (QED) is 0.781. The fourth-order valence-electron chi connectivity index (χ4n) is 2.46. The lowest BCUT2D eigenvalue weighted by molar-refractivity contribution is -0.121. The van der Waals surface area contributed by atoms with Crippen molar-refractivity contribution >= 4 is 28.3 Å². The molecule has 0 spiro atoms. The van der Waals surface area contributed by atoms with Crippen molar-refractivity contribution in [3.05, 3.63) is 62.7 Å². The third-order valence-electron chi connectivity index (χ3n) is 3.59. The third kappa shape index (κ3) is 3.48. The lowest BCUT2D eigenvalue weighted by Gasteiger charge is -2.11. The predicted molar refractivity (Wildman–Crippen MR) is 91.8 cm³/mol. The zero-order valence-electron chi connectivity index (χ0n) is 12.8. The molecule has 0 aliphatic rings. The van der Waals surface area contributed by atoms with Crippen LogP contribution in [0, 0.1) is 6.92 Å². The van der Waals surface area contributed by atoms with Crippen LogP contribution in [0.15, 0.2) is 46.6 Å². The topological polar surface area (TPSA) is 64.0 Å². The highest BCUT2D eigenvalue weighted by molar-refractivity contribution is 7.09. The Balaban J connectivity index is 1.74. The minimum Gasteiger partial charge on any atom is -0.354 e. The van der Waals surface area contributed by atoms with E-state index in [0.29, 0.717) is 17.8 Å². The number of thiophene rings is 1. The molecule has 0 aliphatic heterocycles. The van der Waals surface area contributed by atoms with E-state index in [4.69, 9.17) is 0 Å². The Kier molecular flexibility index (Phi) is 4.52. The van der Waals surface area contributed by atoms with Crippen molar-refractivity contribution in [2.45, 2.75) is 19.9 Å². The summed E-state index contributed by atoms with van der Waals surface area (Å²) in [5, 5.41) is 4.88. The molecule has 1 aromatic carbocycles. The molecule has 5 nitrogen and oxygen atoms in total. The molecule has 118 valence electrons. The lowest BCUT2D eigenvalue weighted by Crippen LogP contribution is -2.34. The number of para-hydroxylation sites is 2. The van der Waals surface area contributed by atoms with Gasteiger partial charge in [-0.25, -0.2) is 4.98 Å². The summed E-state index contributed by atoms with van der Waals surface area (Å²) in [6.07, 6.45) is 0.800. The van der Waals surface area contributed by atoms with Crippen LogP contribution < -0.4 is 10.9 Å². The molecule has 0 aliphatic carbocycles. The zero-order valence-corrected chi connectivity index (χ0v) is 13.6. The Morgan fingerprint density at radius 1 is 1.26 bits per heavy atom. The van der Waals surface area contributed by atoms with Crippen LogP contribution in [0.3, 0.4) is 0 Å². The number of nitrogens with one attached hydrogen (secondary N) is 1. The van der Waals surface area contributed by atoms with Crippen LogP contribution in [-0.4, -0.2) is 22.0 Å². The van der Waals surface area contributed by atoms with E-state index in [0.717, 1.165) is 11.9 Å². The summed E-state index contributed by atoms with van der Waals surface area (Å²) in [4.78, 5) is 30.0. The van der Waals surface area contributed by atoms with E-state index in [9.17, 15) is 9.59 Å². The number of carbonyl (C=O) groups is 1. The van der Waals surface area contributed by atoms with Crippen LogP contribution >= 0.6 is 11.3 Å². The normalized spacial score (nSPS) is 10.8. The van der Waals surface area contributed by atoms with Gasteiger partial charge in [0.15, 0.2) is 0 Å². The minimum atomic E-state index is -0.225. The Hall–Kier alpha value is -2.47. The number of hydrogen-bond acceptors (Lipinski definition) is 4. The molecule has 3 rings (SSSR count). The maximum Gasteiger partial charge on any atom is 0.272 e. The number of carbonyl (C=O) groups excluding carboxylic acids is 1. The van der Waals surface area contributed by atoms with E-state index in [2.05, 4.69) is 10.3 Å². The summed E-state index contributed by atoms with van der Waals surface area (Å²) in [5.74, 6) is -0.167. The van der Waals surface area contributed by atoms with Gasteiger partial charge in [0.2, 0.25) is 5.91 Å². The van der Waals surface area contributed by atoms with Crippen LogP contribution in [0.1, 0.15) is 10.6 Å². The molecular weight excluding hydrogens is 310 g/mol. The maximum atomic E-state index is 12.3. The number of rotatable bonds is 5. The first-order valence-corrected chi connectivity index (χ1v) is 8.28. The molecule has 2 heterocycles. The lowest BCUT2D eigenvalue weighted by atomic mass is 10.2. The Labute approximate surface area is 137 Å². The molecule has 23 heavy (non-hydrogen) atoms. The van der Waals surface area contributed by atoms with Crippen molar-refractivity contribution in [1.29, 1.82) is 0 Å². The highest BCUT2D eigenvalue weighted by Crippen LogP contribution is 2.10. The van der Waals surface area contributed by atoms with E-state index in [1.807, 2.05) is 41.8 Å². The van der Waals surface area contributed by atoms with Crippen LogP contribution in [-0.2, 0) is 17.8 Å². The summed E-state index contributed by atoms with van der Waals surface area (Å²) in [7, 11) is 0. The number of nitrogens with zero attached hydrogens (tertiary/aromatic N) is 2. The summed E-state index contributed by atoms with van der Waals surface area (Å²) in [5.41, 5.74) is 1.57. The van der Waals surface area contributed by atoms with Gasteiger partial charge in [-0.2, -0.15) is 0 Å². The summed E-state index contributed by atoms with van der Waals surface area (Å²) in [6, 6.07) is 11.4. The zero-order chi connectivity index (χ0) is 16.2. The molecular formula is C17H17N3O2S. The predicted octanol–water partition coefficient (Wildman–Crippen LogP) is 2.13. The van der Waals surface area contributed by atoms with Gasteiger partial charge >= 0.3 is 0 Å². The molecule has 3 aromatic rings. The van der Waals surface area contributed by atoms with Gasteiger partial charge in [0.05, 0.1) is 11.0 Å². The highest BCUT2D eigenvalue weighted by Gasteiger charge is 2.11. The van der Waals surface area contributed by atoms with Crippen molar-refractivity contribution in [3.63, 3.8) is 0 Å². The van der Waals surface area contributed by atoms with Crippen LogP contribution in [0.5, 0.6) is 0 Å².